The average Bonchev–Trinajstić information content (AvgIpc) is 2.30. The van der Waals surface area contributed by atoms with Gasteiger partial charge in [-0.25, -0.2) is 0 Å². The zero-order valence-corrected chi connectivity index (χ0v) is 8.80. The zero-order valence-electron chi connectivity index (χ0n) is 8.80. The Morgan fingerprint density at radius 2 is 2.08 bits per heavy atom. The molecule has 0 aromatic rings. The van der Waals surface area contributed by atoms with E-state index in [0.29, 0.717) is 0 Å². The first-order valence-corrected chi connectivity index (χ1v) is 4.98. The van der Waals surface area contributed by atoms with Crippen molar-refractivity contribution < 1.29 is 0 Å². The van der Waals surface area contributed by atoms with Crippen LogP contribution in [0.3, 0.4) is 0 Å². The van der Waals surface area contributed by atoms with Crippen molar-refractivity contribution in [2.24, 2.45) is 5.92 Å². The first-order chi connectivity index (χ1) is 5.61. The third-order valence-corrected chi connectivity index (χ3v) is 3.01. The molecule has 0 aliphatic carbocycles. The summed E-state index contributed by atoms with van der Waals surface area (Å²) in [5, 5.41) is 0. The van der Waals surface area contributed by atoms with E-state index in [-0.39, 0.29) is 0 Å². The maximum absolute atomic E-state index is 2.57. The highest BCUT2D eigenvalue weighted by Gasteiger charge is 2.25. The van der Waals surface area contributed by atoms with Gasteiger partial charge in [0, 0.05) is 12.6 Å². The number of hydrogen-bond acceptors (Lipinski definition) is 1. The van der Waals surface area contributed by atoms with Gasteiger partial charge in [0.2, 0.25) is 0 Å². The van der Waals surface area contributed by atoms with Crippen molar-refractivity contribution in [1.29, 1.82) is 0 Å². The smallest absolute Gasteiger partial charge is 0.0168 e. The van der Waals surface area contributed by atoms with Crippen LogP contribution >= 0.6 is 0 Å². The lowest BCUT2D eigenvalue weighted by Gasteiger charge is -2.21. The molecule has 1 heteroatoms. The van der Waals surface area contributed by atoms with Crippen LogP contribution in [-0.4, -0.2) is 24.0 Å². The number of likely N-dealkylation sites (tertiary alicyclic amines) is 1. The lowest BCUT2D eigenvalue weighted by atomic mass is 10.1. The first-order valence-electron chi connectivity index (χ1n) is 4.98. The molecule has 70 valence electrons. The van der Waals surface area contributed by atoms with Gasteiger partial charge in [0.25, 0.3) is 0 Å². The monoisotopic (exact) mass is 167 g/mol. The summed E-state index contributed by atoms with van der Waals surface area (Å²) >= 11 is 0. The molecular formula is C11H21N. The highest BCUT2D eigenvalue weighted by Crippen LogP contribution is 2.22. The molecule has 0 spiro atoms. The Bertz CT molecular complexity index is 168. The maximum Gasteiger partial charge on any atom is 0.0168 e. The van der Waals surface area contributed by atoms with Crippen molar-refractivity contribution >= 4 is 0 Å². The Morgan fingerprint density at radius 3 is 2.50 bits per heavy atom. The molecule has 0 aromatic heterocycles. The maximum atomic E-state index is 2.57. The summed E-state index contributed by atoms with van der Waals surface area (Å²) in [6.45, 7) is 11.5. The average molecular weight is 167 g/mol. The Balaban J connectivity index is 2.39. The van der Waals surface area contributed by atoms with Gasteiger partial charge in [-0.1, -0.05) is 18.6 Å². The zero-order chi connectivity index (χ0) is 9.14. The molecule has 12 heavy (non-hydrogen) atoms. The molecule has 2 atom stereocenters. The van der Waals surface area contributed by atoms with E-state index in [1.807, 2.05) is 0 Å². The van der Waals surface area contributed by atoms with Crippen LogP contribution in [0.2, 0.25) is 0 Å². The lowest BCUT2D eigenvalue weighted by Crippen LogP contribution is -2.29. The number of nitrogens with zero attached hydrogens (tertiary/aromatic N) is 1. The second-order valence-electron chi connectivity index (χ2n) is 4.28. The SMILES string of the molecule is CC(C)=CCN1CCC(C)C1C. The standard InChI is InChI=1S/C11H21N/c1-9(2)5-7-12-8-6-10(3)11(12)4/h5,10-11H,6-8H2,1-4H3. The van der Waals surface area contributed by atoms with Gasteiger partial charge in [-0.2, -0.15) is 0 Å². The Labute approximate surface area is 76.5 Å². The minimum absolute atomic E-state index is 0.778. The Hall–Kier alpha value is -0.300. The van der Waals surface area contributed by atoms with Crippen molar-refractivity contribution in [3.05, 3.63) is 11.6 Å². The summed E-state index contributed by atoms with van der Waals surface area (Å²) in [5.41, 5.74) is 1.43. The molecule has 1 rings (SSSR count). The van der Waals surface area contributed by atoms with E-state index in [1.54, 1.807) is 0 Å². The van der Waals surface area contributed by atoms with Gasteiger partial charge >= 0.3 is 0 Å². The molecule has 0 bridgehead atoms. The topological polar surface area (TPSA) is 3.24 Å². The van der Waals surface area contributed by atoms with E-state index in [4.69, 9.17) is 0 Å². The predicted molar refractivity (Wildman–Crippen MR) is 54.2 cm³/mol. The first kappa shape index (κ1) is 9.79. The van der Waals surface area contributed by atoms with E-state index >= 15 is 0 Å². The lowest BCUT2D eigenvalue weighted by molar-refractivity contribution is 0.272. The van der Waals surface area contributed by atoms with Crippen LogP contribution in [0, 0.1) is 5.92 Å². The third kappa shape index (κ3) is 2.34. The van der Waals surface area contributed by atoms with Crippen molar-refractivity contribution in [2.45, 2.75) is 40.2 Å². The van der Waals surface area contributed by atoms with Gasteiger partial charge in [0.15, 0.2) is 0 Å². The van der Waals surface area contributed by atoms with Gasteiger partial charge in [-0.15, -0.1) is 0 Å². The summed E-state index contributed by atoms with van der Waals surface area (Å²) in [6, 6.07) is 0.778. The largest absolute Gasteiger partial charge is 0.297 e. The molecule has 0 amide bonds. The third-order valence-electron chi connectivity index (χ3n) is 3.01. The number of allylic oxidation sites excluding steroid dienone is 1. The van der Waals surface area contributed by atoms with Gasteiger partial charge < -0.3 is 0 Å². The van der Waals surface area contributed by atoms with Crippen LogP contribution in [-0.2, 0) is 0 Å². The van der Waals surface area contributed by atoms with E-state index in [9.17, 15) is 0 Å². The quantitative estimate of drug-likeness (QED) is 0.572. The molecule has 0 radical (unpaired) electrons. The molecule has 0 aromatic carbocycles. The van der Waals surface area contributed by atoms with Crippen molar-refractivity contribution in [1.82, 2.24) is 4.90 Å². The summed E-state index contributed by atoms with van der Waals surface area (Å²) < 4.78 is 0. The van der Waals surface area contributed by atoms with Crippen LogP contribution in [0.25, 0.3) is 0 Å². The van der Waals surface area contributed by atoms with Crippen LogP contribution < -0.4 is 0 Å². The minimum atomic E-state index is 0.778. The normalized spacial score (nSPS) is 30.7. The molecule has 0 N–H and O–H groups in total. The van der Waals surface area contributed by atoms with Gasteiger partial charge in [0.05, 0.1) is 0 Å². The fourth-order valence-corrected chi connectivity index (χ4v) is 1.73. The fraction of sp³-hybridized carbons (Fsp3) is 0.818. The van der Waals surface area contributed by atoms with E-state index in [2.05, 4.69) is 38.7 Å². The highest BCUT2D eigenvalue weighted by molar-refractivity contribution is 4.97. The summed E-state index contributed by atoms with van der Waals surface area (Å²) in [4.78, 5) is 2.57. The second-order valence-corrected chi connectivity index (χ2v) is 4.28. The summed E-state index contributed by atoms with van der Waals surface area (Å²) in [6.07, 6.45) is 3.70. The van der Waals surface area contributed by atoms with Crippen LogP contribution in [0.5, 0.6) is 0 Å². The van der Waals surface area contributed by atoms with E-state index in [1.165, 1.54) is 18.5 Å². The molecule has 1 heterocycles. The molecule has 2 unspecified atom stereocenters. The van der Waals surface area contributed by atoms with E-state index in [0.717, 1.165) is 18.5 Å². The minimum Gasteiger partial charge on any atom is -0.297 e. The number of hydrogen-bond donors (Lipinski definition) is 0. The van der Waals surface area contributed by atoms with Crippen LogP contribution in [0.15, 0.2) is 11.6 Å². The highest BCUT2D eigenvalue weighted by atomic mass is 15.2. The molecule has 0 saturated carbocycles. The summed E-state index contributed by atoms with van der Waals surface area (Å²) in [5.74, 6) is 0.885. The van der Waals surface area contributed by atoms with Crippen molar-refractivity contribution in [2.75, 3.05) is 13.1 Å². The molecular weight excluding hydrogens is 146 g/mol. The van der Waals surface area contributed by atoms with E-state index < -0.39 is 0 Å². The number of rotatable bonds is 2. The van der Waals surface area contributed by atoms with Crippen molar-refractivity contribution in [3.63, 3.8) is 0 Å². The molecule has 1 nitrogen and oxygen atoms in total. The molecule has 1 aliphatic rings. The van der Waals surface area contributed by atoms with Crippen LogP contribution in [0.4, 0.5) is 0 Å². The van der Waals surface area contributed by atoms with Crippen LogP contribution in [0.1, 0.15) is 34.1 Å². The fourth-order valence-electron chi connectivity index (χ4n) is 1.73. The van der Waals surface area contributed by atoms with Gasteiger partial charge in [-0.3, -0.25) is 4.90 Å². The van der Waals surface area contributed by atoms with Gasteiger partial charge in [0.1, 0.15) is 0 Å². The predicted octanol–water partition coefficient (Wildman–Crippen LogP) is 2.68. The van der Waals surface area contributed by atoms with Crippen molar-refractivity contribution in [3.8, 4) is 0 Å². The Kier molecular flexibility index (Phi) is 3.33. The molecule has 1 saturated heterocycles. The molecule has 1 aliphatic heterocycles. The second kappa shape index (κ2) is 4.08. The summed E-state index contributed by atoms with van der Waals surface area (Å²) in [7, 11) is 0. The Morgan fingerprint density at radius 1 is 1.42 bits per heavy atom. The van der Waals surface area contributed by atoms with Gasteiger partial charge in [-0.05, 0) is 39.7 Å². The molecule has 1 fully saturated rings.